The first-order valence-electron chi connectivity index (χ1n) is 4.41. The van der Waals surface area contributed by atoms with Gasteiger partial charge in [-0.15, -0.1) is 0 Å². The lowest BCUT2D eigenvalue weighted by Gasteiger charge is -2.12. The molecular formula is C8H17ClO3S. The maximum absolute atomic E-state index is 10.8. The quantitative estimate of drug-likeness (QED) is 0.626. The summed E-state index contributed by atoms with van der Waals surface area (Å²) in [5.41, 5.74) is 0. The first kappa shape index (κ1) is 13.2. The zero-order valence-corrected chi connectivity index (χ0v) is 9.70. The Morgan fingerprint density at radius 1 is 1.38 bits per heavy atom. The Bertz CT molecular complexity index is 213. The summed E-state index contributed by atoms with van der Waals surface area (Å²) in [7, 11) is 3.42. The first-order valence-corrected chi connectivity index (χ1v) is 6.88. The Kier molecular flexibility index (Phi) is 6.73. The molecule has 0 aromatic heterocycles. The van der Waals surface area contributed by atoms with E-state index in [1.807, 2.05) is 6.92 Å². The molecule has 0 aliphatic carbocycles. The summed E-state index contributed by atoms with van der Waals surface area (Å²) in [5.74, 6) is 0.193. The molecule has 0 bridgehead atoms. The largest absolute Gasteiger partial charge is 0.385 e. The van der Waals surface area contributed by atoms with Crippen LogP contribution < -0.4 is 0 Å². The maximum atomic E-state index is 10.8. The van der Waals surface area contributed by atoms with E-state index in [9.17, 15) is 8.42 Å². The van der Waals surface area contributed by atoms with E-state index in [1.165, 1.54) is 0 Å². The van der Waals surface area contributed by atoms with Gasteiger partial charge in [-0.1, -0.05) is 13.3 Å². The highest BCUT2D eigenvalue weighted by atomic mass is 35.7. The monoisotopic (exact) mass is 228 g/mol. The van der Waals surface area contributed by atoms with E-state index >= 15 is 0 Å². The zero-order chi connectivity index (χ0) is 10.3. The number of methoxy groups -OCH3 is 1. The summed E-state index contributed by atoms with van der Waals surface area (Å²) in [6, 6.07) is 0. The first-order chi connectivity index (χ1) is 5.99. The molecule has 3 nitrogen and oxygen atoms in total. The summed E-state index contributed by atoms with van der Waals surface area (Å²) < 4.78 is 26.5. The average molecular weight is 229 g/mol. The molecule has 13 heavy (non-hydrogen) atoms. The molecule has 1 atom stereocenters. The van der Waals surface area contributed by atoms with Crippen molar-refractivity contribution in [3.05, 3.63) is 0 Å². The number of hydrogen-bond donors (Lipinski definition) is 0. The molecule has 0 aliphatic heterocycles. The van der Waals surface area contributed by atoms with Crippen LogP contribution in [0.2, 0.25) is 0 Å². The van der Waals surface area contributed by atoms with Crippen LogP contribution in [0.3, 0.4) is 0 Å². The molecule has 0 aromatic carbocycles. The molecule has 5 heteroatoms. The lowest BCUT2D eigenvalue weighted by molar-refractivity contribution is 0.178. The van der Waals surface area contributed by atoms with Gasteiger partial charge in [0, 0.05) is 24.4 Å². The van der Waals surface area contributed by atoms with Gasteiger partial charge in [0.05, 0.1) is 5.75 Å². The van der Waals surface area contributed by atoms with Crippen LogP contribution in [0.25, 0.3) is 0 Å². The van der Waals surface area contributed by atoms with Crippen LogP contribution in [0.5, 0.6) is 0 Å². The van der Waals surface area contributed by atoms with Gasteiger partial charge in [0.15, 0.2) is 0 Å². The maximum Gasteiger partial charge on any atom is 0.232 e. The minimum absolute atomic E-state index is 0.0613. The van der Waals surface area contributed by atoms with Gasteiger partial charge in [-0.05, 0) is 18.8 Å². The lowest BCUT2D eigenvalue weighted by Crippen LogP contribution is -2.13. The van der Waals surface area contributed by atoms with Crippen molar-refractivity contribution in [2.45, 2.75) is 26.2 Å². The van der Waals surface area contributed by atoms with Crippen molar-refractivity contribution in [3.8, 4) is 0 Å². The summed E-state index contributed by atoms with van der Waals surface area (Å²) in [6.07, 6.45) is 2.62. The van der Waals surface area contributed by atoms with Crippen LogP contribution in [0.1, 0.15) is 26.2 Å². The normalized spacial score (nSPS) is 14.4. The number of halogens is 1. The Hall–Kier alpha value is 0.200. The van der Waals surface area contributed by atoms with Crippen molar-refractivity contribution in [1.29, 1.82) is 0 Å². The van der Waals surface area contributed by atoms with E-state index in [-0.39, 0.29) is 11.7 Å². The molecule has 0 unspecified atom stereocenters. The van der Waals surface area contributed by atoms with Crippen LogP contribution >= 0.6 is 10.7 Å². The van der Waals surface area contributed by atoms with Crippen LogP contribution in [-0.4, -0.2) is 27.9 Å². The molecule has 0 N–H and O–H groups in total. The van der Waals surface area contributed by atoms with Crippen LogP contribution in [0.15, 0.2) is 0 Å². The van der Waals surface area contributed by atoms with Gasteiger partial charge in [0.2, 0.25) is 9.05 Å². The fourth-order valence-corrected chi connectivity index (χ4v) is 2.72. The number of rotatable bonds is 7. The average Bonchev–Trinajstić information content (AvgIpc) is 1.98. The van der Waals surface area contributed by atoms with E-state index in [2.05, 4.69) is 0 Å². The standard InChI is InChI=1S/C8H17ClO3S/c1-3-4-8(5-6-12-2)7-13(9,10)11/h8H,3-7H2,1-2H3/t8-/m1/s1. The van der Waals surface area contributed by atoms with Crippen LogP contribution in [0, 0.1) is 5.92 Å². The van der Waals surface area contributed by atoms with E-state index in [1.54, 1.807) is 7.11 Å². The third-order valence-electron chi connectivity index (χ3n) is 1.86. The molecule has 0 aliphatic rings. The molecule has 0 fully saturated rings. The highest BCUT2D eigenvalue weighted by Crippen LogP contribution is 2.15. The fraction of sp³-hybridized carbons (Fsp3) is 1.00. The van der Waals surface area contributed by atoms with Crippen molar-refractivity contribution in [1.82, 2.24) is 0 Å². The second kappa shape index (κ2) is 6.62. The highest BCUT2D eigenvalue weighted by molar-refractivity contribution is 8.13. The minimum Gasteiger partial charge on any atom is -0.385 e. The molecule has 0 saturated heterocycles. The Morgan fingerprint density at radius 2 is 2.00 bits per heavy atom. The van der Waals surface area contributed by atoms with Crippen molar-refractivity contribution >= 4 is 19.7 Å². The molecule has 0 radical (unpaired) electrons. The minimum atomic E-state index is -3.36. The Labute approximate surface area is 84.8 Å². The van der Waals surface area contributed by atoms with Gasteiger partial charge in [0.25, 0.3) is 0 Å². The van der Waals surface area contributed by atoms with Gasteiger partial charge < -0.3 is 4.74 Å². The molecule has 0 aromatic rings. The molecule has 0 heterocycles. The van der Waals surface area contributed by atoms with E-state index in [0.29, 0.717) is 6.61 Å². The number of ether oxygens (including phenoxy) is 1. The number of hydrogen-bond acceptors (Lipinski definition) is 3. The fourth-order valence-electron chi connectivity index (χ4n) is 1.29. The summed E-state index contributed by atoms with van der Waals surface area (Å²) in [5, 5.41) is 0. The van der Waals surface area contributed by atoms with E-state index < -0.39 is 9.05 Å². The van der Waals surface area contributed by atoms with Gasteiger partial charge in [-0.2, -0.15) is 0 Å². The van der Waals surface area contributed by atoms with Gasteiger partial charge >= 0.3 is 0 Å². The van der Waals surface area contributed by atoms with Crippen LogP contribution in [-0.2, 0) is 13.8 Å². The van der Waals surface area contributed by atoms with E-state index in [0.717, 1.165) is 19.3 Å². The third kappa shape index (κ3) is 8.53. The summed E-state index contributed by atoms with van der Waals surface area (Å²) in [4.78, 5) is 0. The predicted octanol–water partition coefficient (Wildman–Crippen LogP) is 2.01. The highest BCUT2D eigenvalue weighted by Gasteiger charge is 2.15. The van der Waals surface area contributed by atoms with E-state index in [4.69, 9.17) is 15.4 Å². The second-order valence-corrected chi connectivity index (χ2v) is 5.96. The smallest absolute Gasteiger partial charge is 0.232 e. The van der Waals surface area contributed by atoms with Crippen molar-refractivity contribution < 1.29 is 13.2 Å². The van der Waals surface area contributed by atoms with Crippen molar-refractivity contribution in [3.63, 3.8) is 0 Å². The Balaban J connectivity index is 3.94. The Morgan fingerprint density at radius 3 is 2.38 bits per heavy atom. The second-order valence-electron chi connectivity index (χ2n) is 3.14. The van der Waals surface area contributed by atoms with Gasteiger partial charge in [-0.25, -0.2) is 8.42 Å². The van der Waals surface area contributed by atoms with Gasteiger partial charge in [-0.3, -0.25) is 0 Å². The summed E-state index contributed by atoms with van der Waals surface area (Å²) >= 11 is 0. The molecule has 0 spiro atoms. The van der Waals surface area contributed by atoms with Crippen LogP contribution in [0.4, 0.5) is 0 Å². The topological polar surface area (TPSA) is 43.4 Å². The van der Waals surface area contributed by atoms with Crippen molar-refractivity contribution in [2.24, 2.45) is 5.92 Å². The molecule has 0 rings (SSSR count). The zero-order valence-electron chi connectivity index (χ0n) is 8.12. The third-order valence-corrected chi connectivity index (χ3v) is 3.11. The predicted molar refractivity (Wildman–Crippen MR) is 54.5 cm³/mol. The SMILES string of the molecule is CCC[C@H](CCOC)CS(=O)(=O)Cl. The molecule has 80 valence electrons. The van der Waals surface area contributed by atoms with Gasteiger partial charge in [0.1, 0.15) is 0 Å². The van der Waals surface area contributed by atoms with Crippen molar-refractivity contribution in [2.75, 3.05) is 19.5 Å². The molecule has 0 amide bonds. The lowest BCUT2D eigenvalue weighted by atomic mass is 10.0. The molecular weight excluding hydrogens is 212 g/mol. The molecule has 0 saturated carbocycles. The summed E-state index contributed by atoms with van der Waals surface area (Å²) in [6.45, 7) is 2.62.